The summed E-state index contributed by atoms with van der Waals surface area (Å²) in [5, 5.41) is 0. The van der Waals surface area contributed by atoms with Crippen molar-refractivity contribution in [3.63, 3.8) is 0 Å². The number of ether oxygens (including phenoxy) is 1. The second-order valence-corrected chi connectivity index (χ2v) is 5.84. The summed E-state index contributed by atoms with van der Waals surface area (Å²) in [7, 11) is 0. The quantitative estimate of drug-likeness (QED) is 0.467. The first kappa shape index (κ1) is 14.0. The SMILES string of the molecule is CCCOCCCn1c(=S)[nH]c2cc(I)ccc21. The Morgan fingerprint density at radius 2 is 2.22 bits per heavy atom. The van der Waals surface area contributed by atoms with E-state index < -0.39 is 0 Å². The third-order valence-corrected chi connectivity index (χ3v) is 3.75. The Labute approximate surface area is 126 Å². The van der Waals surface area contributed by atoms with Gasteiger partial charge < -0.3 is 14.3 Å². The van der Waals surface area contributed by atoms with Gasteiger partial charge in [-0.2, -0.15) is 0 Å². The third-order valence-electron chi connectivity index (χ3n) is 2.76. The summed E-state index contributed by atoms with van der Waals surface area (Å²) in [4.78, 5) is 3.25. The van der Waals surface area contributed by atoms with Crippen LogP contribution in [0.3, 0.4) is 0 Å². The van der Waals surface area contributed by atoms with Crippen LogP contribution >= 0.6 is 34.8 Å². The van der Waals surface area contributed by atoms with Gasteiger partial charge in [0.2, 0.25) is 0 Å². The van der Waals surface area contributed by atoms with Crippen LogP contribution in [0.5, 0.6) is 0 Å². The highest BCUT2D eigenvalue weighted by molar-refractivity contribution is 14.1. The summed E-state index contributed by atoms with van der Waals surface area (Å²) in [6.07, 6.45) is 2.07. The van der Waals surface area contributed by atoms with E-state index >= 15 is 0 Å². The van der Waals surface area contributed by atoms with Crippen LogP contribution in [0.4, 0.5) is 0 Å². The van der Waals surface area contributed by atoms with E-state index in [-0.39, 0.29) is 0 Å². The number of halogens is 1. The molecule has 0 saturated heterocycles. The van der Waals surface area contributed by atoms with Crippen molar-refractivity contribution in [3.8, 4) is 0 Å². The van der Waals surface area contributed by atoms with E-state index in [1.54, 1.807) is 0 Å². The van der Waals surface area contributed by atoms with Gasteiger partial charge in [0.1, 0.15) is 0 Å². The molecule has 2 aromatic rings. The molecule has 0 aliphatic carbocycles. The number of imidazole rings is 1. The van der Waals surface area contributed by atoms with Gasteiger partial charge in [-0.1, -0.05) is 6.92 Å². The number of hydrogen-bond acceptors (Lipinski definition) is 2. The monoisotopic (exact) mass is 376 g/mol. The highest BCUT2D eigenvalue weighted by Gasteiger charge is 2.04. The van der Waals surface area contributed by atoms with E-state index in [0.29, 0.717) is 0 Å². The van der Waals surface area contributed by atoms with Crippen molar-refractivity contribution in [2.75, 3.05) is 13.2 Å². The summed E-state index contributed by atoms with van der Waals surface area (Å²) >= 11 is 7.67. The summed E-state index contributed by atoms with van der Waals surface area (Å²) in [5.41, 5.74) is 2.29. The van der Waals surface area contributed by atoms with E-state index in [0.717, 1.165) is 42.9 Å². The van der Waals surface area contributed by atoms with Crippen LogP contribution in [0.25, 0.3) is 11.0 Å². The number of nitrogens with one attached hydrogen (secondary N) is 1. The van der Waals surface area contributed by atoms with Crippen LogP contribution in [0.15, 0.2) is 18.2 Å². The molecular weight excluding hydrogens is 359 g/mol. The van der Waals surface area contributed by atoms with E-state index in [1.807, 2.05) is 0 Å². The summed E-state index contributed by atoms with van der Waals surface area (Å²) < 4.78 is 9.65. The zero-order valence-corrected chi connectivity index (χ0v) is 13.4. The molecule has 18 heavy (non-hydrogen) atoms. The van der Waals surface area contributed by atoms with Crippen molar-refractivity contribution >= 4 is 45.8 Å². The van der Waals surface area contributed by atoms with Crippen molar-refractivity contribution in [1.82, 2.24) is 9.55 Å². The number of nitrogens with zero attached hydrogens (tertiary/aromatic N) is 1. The first-order chi connectivity index (χ1) is 8.72. The Morgan fingerprint density at radius 3 is 3.00 bits per heavy atom. The maximum atomic E-state index is 5.49. The largest absolute Gasteiger partial charge is 0.381 e. The maximum absolute atomic E-state index is 5.49. The van der Waals surface area contributed by atoms with Crippen molar-refractivity contribution in [2.24, 2.45) is 0 Å². The molecule has 1 heterocycles. The van der Waals surface area contributed by atoms with E-state index in [2.05, 4.69) is 57.3 Å². The molecular formula is C13H17IN2OS. The summed E-state index contributed by atoms with van der Waals surface area (Å²) in [6.45, 7) is 4.67. The number of fused-ring (bicyclic) bond motifs is 1. The fourth-order valence-corrected chi connectivity index (χ4v) is 2.72. The van der Waals surface area contributed by atoms with Crippen LogP contribution < -0.4 is 0 Å². The zero-order chi connectivity index (χ0) is 13.0. The van der Waals surface area contributed by atoms with Crippen LogP contribution in [-0.2, 0) is 11.3 Å². The van der Waals surface area contributed by atoms with E-state index in [1.165, 1.54) is 9.09 Å². The molecule has 98 valence electrons. The van der Waals surface area contributed by atoms with Gasteiger partial charge in [-0.25, -0.2) is 0 Å². The van der Waals surface area contributed by atoms with Crippen molar-refractivity contribution in [2.45, 2.75) is 26.3 Å². The van der Waals surface area contributed by atoms with Crippen molar-refractivity contribution in [3.05, 3.63) is 26.5 Å². The minimum Gasteiger partial charge on any atom is -0.381 e. The molecule has 1 aromatic carbocycles. The normalized spacial score (nSPS) is 11.2. The standard InChI is InChI=1S/C13H17IN2OS/c1-2-7-17-8-3-6-16-12-5-4-10(14)9-11(12)15-13(16)18/h4-5,9H,2-3,6-8H2,1H3,(H,15,18). The van der Waals surface area contributed by atoms with Gasteiger partial charge >= 0.3 is 0 Å². The molecule has 1 aromatic heterocycles. The van der Waals surface area contributed by atoms with Crippen LogP contribution in [-0.4, -0.2) is 22.8 Å². The predicted molar refractivity (Wildman–Crippen MR) is 85.6 cm³/mol. The molecule has 0 unspecified atom stereocenters. The highest BCUT2D eigenvalue weighted by Crippen LogP contribution is 2.17. The average Bonchev–Trinajstić information content (AvgIpc) is 2.64. The molecule has 5 heteroatoms. The van der Waals surface area contributed by atoms with Crippen LogP contribution in [0, 0.1) is 8.34 Å². The van der Waals surface area contributed by atoms with Crippen LogP contribution in [0.2, 0.25) is 0 Å². The van der Waals surface area contributed by atoms with Gasteiger partial charge in [-0.05, 0) is 65.8 Å². The van der Waals surface area contributed by atoms with Gasteiger partial charge in [0, 0.05) is 23.3 Å². The van der Waals surface area contributed by atoms with E-state index in [9.17, 15) is 0 Å². The minimum atomic E-state index is 0.794. The lowest BCUT2D eigenvalue weighted by atomic mass is 10.3. The predicted octanol–water partition coefficient (Wildman–Crippen LogP) is 4.12. The average molecular weight is 376 g/mol. The molecule has 2 rings (SSSR count). The summed E-state index contributed by atoms with van der Waals surface area (Å²) in [5.74, 6) is 0. The summed E-state index contributed by atoms with van der Waals surface area (Å²) in [6, 6.07) is 6.35. The minimum absolute atomic E-state index is 0.794. The lowest BCUT2D eigenvalue weighted by Crippen LogP contribution is -2.03. The third kappa shape index (κ3) is 3.33. The van der Waals surface area contributed by atoms with Gasteiger partial charge in [-0.15, -0.1) is 0 Å². The molecule has 0 aliphatic rings. The van der Waals surface area contributed by atoms with E-state index in [4.69, 9.17) is 17.0 Å². The smallest absolute Gasteiger partial charge is 0.178 e. The molecule has 0 atom stereocenters. The Kier molecular flexibility index (Phi) is 5.20. The zero-order valence-electron chi connectivity index (χ0n) is 10.4. The number of aryl methyl sites for hydroxylation is 1. The van der Waals surface area contributed by atoms with Gasteiger partial charge in [0.15, 0.2) is 4.77 Å². The molecule has 0 saturated carbocycles. The van der Waals surface area contributed by atoms with Crippen molar-refractivity contribution < 1.29 is 4.74 Å². The highest BCUT2D eigenvalue weighted by atomic mass is 127. The Morgan fingerprint density at radius 1 is 1.39 bits per heavy atom. The fraction of sp³-hybridized carbons (Fsp3) is 0.462. The number of hydrogen-bond donors (Lipinski definition) is 1. The van der Waals surface area contributed by atoms with Crippen LogP contribution in [0.1, 0.15) is 19.8 Å². The molecule has 1 N–H and O–H groups in total. The van der Waals surface area contributed by atoms with Gasteiger partial charge in [0.05, 0.1) is 11.0 Å². The fourth-order valence-electron chi connectivity index (χ4n) is 1.93. The number of rotatable bonds is 6. The molecule has 0 aliphatic heterocycles. The Bertz CT molecular complexity index is 576. The molecule has 0 radical (unpaired) electrons. The maximum Gasteiger partial charge on any atom is 0.178 e. The lowest BCUT2D eigenvalue weighted by molar-refractivity contribution is 0.129. The molecule has 0 bridgehead atoms. The second kappa shape index (κ2) is 6.68. The Balaban J connectivity index is 2.08. The molecule has 0 spiro atoms. The molecule has 0 fully saturated rings. The topological polar surface area (TPSA) is 29.9 Å². The number of aromatic nitrogens is 2. The first-order valence-corrected chi connectivity index (χ1v) is 7.67. The van der Waals surface area contributed by atoms with Gasteiger partial charge in [0.25, 0.3) is 0 Å². The number of aromatic amines is 1. The lowest BCUT2D eigenvalue weighted by Gasteiger charge is -2.05. The second-order valence-electron chi connectivity index (χ2n) is 4.21. The number of H-pyrrole nitrogens is 1. The first-order valence-electron chi connectivity index (χ1n) is 6.18. The molecule has 3 nitrogen and oxygen atoms in total. The van der Waals surface area contributed by atoms with Gasteiger partial charge in [-0.3, -0.25) is 0 Å². The van der Waals surface area contributed by atoms with Crippen molar-refractivity contribution in [1.29, 1.82) is 0 Å². The Hall–Kier alpha value is -0.400. The molecule has 0 amide bonds. The number of benzene rings is 1.